The monoisotopic (exact) mass is 235 g/mol. The molecule has 0 heterocycles. The van der Waals surface area contributed by atoms with Crippen LogP contribution in [0.15, 0.2) is 0 Å². The highest BCUT2D eigenvalue weighted by Crippen LogP contribution is 2.06. The number of hydrogen-bond donors (Lipinski definition) is 0. The second-order valence-corrected chi connectivity index (χ2v) is 4.59. The van der Waals surface area contributed by atoms with Gasteiger partial charge in [-0.05, 0) is 12.8 Å². The molecule has 0 aromatic rings. The third kappa shape index (κ3) is 8.57. The van der Waals surface area contributed by atoms with Crippen LogP contribution < -0.4 is 0 Å². The van der Waals surface area contributed by atoms with Gasteiger partial charge in [-0.2, -0.15) is 0 Å². The molecule has 2 atom stereocenters. The number of unbranched alkanes of at least 4 members (excludes halogenated alkanes) is 2. The van der Waals surface area contributed by atoms with Crippen molar-refractivity contribution in [3.8, 4) is 0 Å². The Morgan fingerprint density at radius 3 is 2.67 bits per heavy atom. The van der Waals surface area contributed by atoms with E-state index in [2.05, 4.69) is 6.92 Å². The third-order valence-electron chi connectivity index (χ3n) is 2.11. The van der Waals surface area contributed by atoms with E-state index in [-0.39, 0.29) is 17.6 Å². The van der Waals surface area contributed by atoms with Crippen LogP contribution in [-0.2, 0) is 20.6 Å². The van der Waals surface area contributed by atoms with Crippen LogP contribution >= 0.6 is 0 Å². The second kappa shape index (κ2) is 8.85. The van der Waals surface area contributed by atoms with Crippen molar-refractivity contribution in [2.75, 3.05) is 12.4 Å². The maximum atomic E-state index is 11.3. The molecule has 0 bridgehead atoms. The SMILES string of the molecule is CCCCCOC(=O)C(C)CCS(=O)[O-]. The quantitative estimate of drug-likeness (QED) is 0.364. The number of carbonyl (C=O) groups is 1. The summed E-state index contributed by atoms with van der Waals surface area (Å²) < 4.78 is 25.5. The minimum atomic E-state index is -2.07. The van der Waals surface area contributed by atoms with Crippen LogP contribution in [-0.4, -0.2) is 27.1 Å². The molecule has 0 fully saturated rings. The van der Waals surface area contributed by atoms with Crippen LogP contribution in [0.3, 0.4) is 0 Å². The van der Waals surface area contributed by atoms with E-state index < -0.39 is 11.1 Å². The lowest BCUT2D eigenvalue weighted by molar-refractivity contribution is -0.148. The fourth-order valence-electron chi connectivity index (χ4n) is 1.06. The van der Waals surface area contributed by atoms with E-state index in [1.54, 1.807) is 6.92 Å². The van der Waals surface area contributed by atoms with Crippen molar-refractivity contribution in [1.82, 2.24) is 0 Å². The molecule has 0 amide bonds. The Morgan fingerprint density at radius 1 is 1.47 bits per heavy atom. The Hall–Kier alpha value is -0.420. The molecule has 0 saturated carbocycles. The summed E-state index contributed by atoms with van der Waals surface area (Å²) in [6.45, 7) is 4.21. The van der Waals surface area contributed by atoms with E-state index in [4.69, 9.17) is 4.74 Å². The largest absolute Gasteiger partial charge is 0.772 e. The highest BCUT2D eigenvalue weighted by molar-refractivity contribution is 7.79. The van der Waals surface area contributed by atoms with Gasteiger partial charge in [0.2, 0.25) is 0 Å². The van der Waals surface area contributed by atoms with Gasteiger partial charge in [0.25, 0.3) is 0 Å². The molecule has 5 heteroatoms. The second-order valence-electron chi connectivity index (χ2n) is 3.57. The first-order valence-electron chi connectivity index (χ1n) is 5.30. The van der Waals surface area contributed by atoms with Gasteiger partial charge >= 0.3 is 5.97 Å². The van der Waals surface area contributed by atoms with Gasteiger partial charge in [0.15, 0.2) is 0 Å². The third-order valence-corrected chi connectivity index (χ3v) is 2.68. The molecule has 0 aliphatic heterocycles. The van der Waals surface area contributed by atoms with Gasteiger partial charge in [-0.3, -0.25) is 9.00 Å². The number of hydrogen-bond acceptors (Lipinski definition) is 4. The summed E-state index contributed by atoms with van der Waals surface area (Å²) in [7, 11) is 0. The van der Waals surface area contributed by atoms with Crippen molar-refractivity contribution in [2.24, 2.45) is 5.92 Å². The highest BCUT2D eigenvalue weighted by Gasteiger charge is 2.13. The van der Waals surface area contributed by atoms with Gasteiger partial charge in [-0.25, -0.2) is 0 Å². The first-order valence-corrected chi connectivity index (χ1v) is 6.54. The molecule has 0 aromatic carbocycles. The molecule has 0 aliphatic rings. The minimum Gasteiger partial charge on any atom is -0.772 e. The Morgan fingerprint density at radius 2 is 2.13 bits per heavy atom. The van der Waals surface area contributed by atoms with Gasteiger partial charge in [0.1, 0.15) is 0 Å². The molecule has 0 aromatic heterocycles. The lowest BCUT2D eigenvalue weighted by Crippen LogP contribution is -2.17. The highest BCUT2D eigenvalue weighted by atomic mass is 32.2. The standard InChI is InChI=1S/C10H20O4S/c1-3-4-5-7-14-10(11)9(2)6-8-15(12)13/h9H,3-8H2,1-2H3,(H,12,13)/p-1. The van der Waals surface area contributed by atoms with E-state index in [1.807, 2.05) is 0 Å². The van der Waals surface area contributed by atoms with Gasteiger partial charge < -0.3 is 9.29 Å². The molecule has 2 unspecified atom stereocenters. The van der Waals surface area contributed by atoms with Crippen LogP contribution in [0, 0.1) is 5.92 Å². The molecule has 0 saturated heterocycles. The van der Waals surface area contributed by atoms with Gasteiger partial charge in [-0.15, -0.1) is 0 Å². The summed E-state index contributed by atoms with van der Waals surface area (Å²) >= 11 is -2.07. The van der Waals surface area contributed by atoms with Crippen LogP contribution in [0.25, 0.3) is 0 Å². The first kappa shape index (κ1) is 14.6. The van der Waals surface area contributed by atoms with Gasteiger partial charge in [-0.1, -0.05) is 37.8 Å². The summed E-state index contributed by atoms with van der Waals surface area (Å²) in [5.74, 6) is -0.605. The molecular formula is C10H19O4S-. The molecule has 15 heavy (non-hydrogen) atoms. The topological polar surface area (TPSA) is 66.4 Å². The van der Waals surface area contributed by atoms with Gasteiger partial charge in [0.05, 0.1) is 12.5 Å². The van der Waals surface area contributed by atoms with E-state index in [0.717, 1.165) is 19.3 Å². The van der Waals surface area contributed by atoms with E-state index >= 15 is 0 Å². The average molecular weight is 235 g/mol. The van der Waals surface area contributed by atoms with Crippen molar-refractivity contribution < 1.29 is 18.3 Å². The van der Waals surface area contributed by atoms with E-state index in [0.29, 0.717) is 13.0 Å². The maximum Gasteiger partial charge on any atom is 0.308 e. The zero-order chi connectivity index (χ0) is 11.7. The summed E-state index contributed by atoms with van der Waals surface area (Å²) in [5, 5.41) is 0. The number of rotatable bonds is 8. The summed E-state index contributed by atoms with van der Waals surface area (Å²) in [6.07, 6.45) is 3.35. The molecule has 0 rings (SSSR count). The predicted octanol–water partition coefficient (Wildman–Crippen LogP) is 1.63. The van der Waals surface area contributed by atoms with E-state index in [9.17, 15) is 13.6 Å². The summed E-state index contributed by atoms with van der Waals surface area (Å²) in [5.41, 5.74) is 0. The zero-order valence-corrected chi connectivity index (χ0v) is 10.2. The van der Waals surface area contributed by atoms with Crippen molar-refractivity contribution >= 4 is 17.0 Å². The predicted molar refractivity (Wildman–Crippen MR) is 58.1 cm³/mol. The summed E-state index contributed by atoms with van der Waals surface area (Å²) in [6, 6.07) is 0. The van der Waals surface area contributed by atoms with E-state index in [1.165, 1.54) is 0 Å². The molecule has 0 spiro atoms. The molecular weight excluding hydrogens is 216 g/mol. The Kier molecular flexibility index (Phi) is 8.61. The molecule has 0 N–H and O–H groups in total. The fourth-order valence-corrected chi connectivity index (χ4v) is 1.60. The van der Waals surface area contributed by atoms with Crippen LogP contribution in [0.1, 0.15) is 39.5 Å². The zero-order valence-electron chi connectivity index (χ0n) is 9.36. The lowest BCUT2D eigenvalue weighted by atomic mass is 10.1. The summed E-state index contributed by atoms with van der Waals surface area (Å²) in [4.78, 5) is 11.3. The number of esters is 1. The first-order chi connectivity index (χ1) is 7.07. The molecule has 90 valence electrons. The smallest absolute Gasteiger partial charge is 0.308 e. The minimum absolute atomic E-state index is 0.0191. The average Bonchev–Trinajstić information content (AvgIpc) is 2.20. The molecule has 4 nitrogen and oxygen atoms in total. The fraction of sp³-hybridized carbons (Fsp3) is 0.900. The van der Waals surface area contributed by atoms with Crippen molar-refractivity contribution in [3.63, 3.8) is 0 Å². The Balaban J connectivity index is 3.55. The number of carbonyl (C=O) groups excluding carboxylic acids is 1. The number of ether oxygens (including phenoxy) is 1. The molecule has 0 radical (unpaired) electrons. The van der Waals surface area contributed by atoms with Gasteiger partial charge in [0, 0.05) is 5.75 Å². The molecule has 0 aliphatic carbocycles. The van der Waals surface area contributed by atoms with Crippen LogP contribution in [0.2, 0.25) is 0 Å². The van der Waals surface area contributed by atoms with Crippen LogP contribution in [0.5, 0.6) is 0 Å². The van der Waals surface area contributed by atoms with Crippen molar-refractivity contribution in [2.45, 2.75) is 39.5 Å². The van der Waals surface area contributed by atoms with Crippen molar-refractivity contribution in [3.05, 3.63) is 0 Å². The normalized spacial score (nSPS) is 14.6. The lowest BCUT2D eigenvalue weighted by Gasteiger charge is -2.12. The maximum absolute atomic E-state index is 11.3. The van der Waals surface area contributed by atoms with Crippen LogP contribution in [0.4, 0.5) is 0 Å². The Bertz CT molecular complexity index is 206. The Labute approximate surface area is 93.7 Å². The van der Waals surface area contributed by atoms with Crippen molar-refractivity contribution in [1.29, 1.82) is 0 Å².